The Balaban J connectivity index is 1.58. The van der Waals surface area contributed by atoms with Crippen molar-refractivity contribution in [3.8, 4) is 11.5 Å². The van der Waals surface area contributed by atoms with E-state index in [9.17, 15) is 9.59 Å². The SMILES string of the molecule is CC=Cc1ccc(OCC(=O)OCc2cc(=O)n3ccsc3n2)c(OC)c1. The number of ether oxygens (including phenoxy) is 3. The molecule has 0 aliphatic heterocycles. The van der Waals surface area contributed by atoms with Crippen LogP contribution in [0.4, 0.5) is 0 Å². The molecule has 0 spiro atoms. The first-order valence-corrected chi connectivity index (χ1v) is 9.03. The third-order valence-electron chi connectivity index (χ3n) is 3.63. The van der Waals surface area contributed by atoms with Crippen LogP contribution in [0.15, 0.2) is 46.7 Å². The lowest BCUT2D eigenvalue weighted by molar-refractivity contribution is -0.147. The van der Waals surface area contributed by atoms with E-state index in [0.29, 0.717) is 22.2 Å². The highest BCUT2D eigenvalue weighted by atomic mass is 32.1. The number of carbonyl (C=O) groups is 1. The Morgan fingerprint density at radius 1 is 1.30 bits per heavy atom. The molecule has 27 heavy (non-hydrogen) atoms. The summed E-state index contributed by atoms with van der Waals surface area (Å²) in [6, 6.07) is 6.75. The number of methoxy groups -OCH3 is 1. The fraction of sp³-hybridized carbons (Fsp3) is 0.211. The van der Waals surface area contributed by atoms with Gasteiger partial charge in [-0.1, -0.05) is 18.2 Å². The van der Waals surface area contributed by atoms with Crippen LogP contribution in [0, 0.1) is 0 Å². The zero-order chi connectivity index (χ0) is 19.2. The maximum absolute atomic E-state index is 11.9. The highest BCUT2D eigenvalue weighted by Crippen LogP contribution is 2.28. The van der Waals surface area contributed by atoms with Crippen molar-refractivity contribution in [1.29, 1.82) is 0 Å². The van der Waals surface area contributed by atoms with Gasteiger partial charge in [0.25, 0.3) is 5.56 Å². The van der Waals surface area contributed by atoms with Crippen molar-refractivity contribution >= 4 is 28.3 Å². The molecule has 0 aliphatic rings. The molecule has 0 atom stereocenters. The first-order chi connectivity index (χ1) is 13.1. The van der Waals surface area contributed by atoms with E-state index in [1.807, 2.05) is 31.2 Å². The van der Waals surface area contributed by atoms with Crippen molar-refractivity contribution in [2.24, 2.45) is 0 Å². The minimum Gasteiger partial charge on any atom is -0.493 e. The van der Waals surface area contributed by atoms with Crippen LogP contribution >= 0.6 is 11.3 Å². The number of esters is 1. The number of benzene rings is 1. The zero-order valence-electron chi connectivity index (χ0n) is 14.9. The number of allylic oxidation sites excluding steroid dienone is 1. The molecule has 0 unspecified atom stereocenters. The lowest BCUT2D eigenvalue weighted by atomic mass is 10.2. The highest BCUT2D eigenvalue weighted by Gasteiger charge is 2.11. The molecular formula is C19H18N2O5S. The minimum absolute atomic E-state index is 0.0940. The summed E-state index contributed by atoms with van der Waals surface area (Å²) >= 11 is 1.33. The Bertz CT molecular complexity index is 1040. The number of hydrogen-bond donors (Lipinski definition) is 0. The van der Waals surface area contributed by atoms with Gasteiger partial charge in [-0.05, 0) is 24.6 Å². The zero-order valence-corrected chi connectivity index (χ0v) is 15.7. The average Bonchev–Trinajstić information content (AvgIpc) is 3.14. The van der Waals surface area contributed by atoms with Gasteiger partial charge < -0.3 is 14.2 Å². The first-order valence-electron chi connectivity index (χ1n) is 8.15. The van der Waals surface area contributed by atoms with Crippen molar-refractivity contribution < 1.29 is 19.0 Å². The number of hydrogen-bond acceptors (Lipinski definition) is 7. The number of rotatable bonds is 7. The molecule has 0 N–H and O–H groups in total. The maximum Gasteiger partial charge on any atom is 0.344 e. The summed E-state index contributed by atoms with van der Waals surface area (Å²) in [7, 11) is 1.53. The van der Waals surface area contributed by atoms with Crippen LogP contribution in [-0.4, -0.2) is 29.1 Å². The van der Waals surface area contributed by atoms with E-state index in [1.165, 1.54) is 28.9 Å². The molecule has 3 aromatic rings. The van der Waals surface area contributed by atoms with Crippen LogP contribution in [0.2, 0.25) is 0 Å². The lowest BCUT2D eigenvalue weighted by Gasteiger charge is -2.11. The van der Waals surface area contributed by atoms with Crippen LogP contribution in [0.25, 0.3) is 11.0 Å². The Kier molecular flexibility index (Phi) is 5.87. The molecule has 0 radical (unpaired) electrons. The summed E-state index contributed by atoms with van der Waals surface area (Å²) < 4.78 is 17.3. The van der Waals surface area contributed by atoms with Crippen LogP contribution in [0.5, 0.6) is 11.5 Å². The summed E-state index contributed by atoms with van der Waals surface area (Å²) in [5, 5.41) is 1.77. The molecule has 0 saturated heterocycles. The Labute approximate surface area is 159 Å². The third kappa shape index (κ3) is 4.53. The van der Waals surface area contributed by atoms with Crippen LogP contribution < -0.4 is 15.0 Å². The molecule has 7 nitrogen and oxygen atoms in total. The number of nitrogens with zero attached hydrogens (tertiary/aromatic N) is 2. The van der Waals surface area contributed by atoms with E-state index in [2.05, 4.69) is 4.98 Å². The topological polar surface area (TPSA) is 79.1 Å². The van der Waals surface area contributed by atoms with Gasteiger partial charge in [-0.2, -0.15) is 0 Å². The molecule has 0 saturated carbocycles. The van der Waals surface area contributed by atoms with E-state index in [1.54, 1.807) is 17.6 Å². The normalized spacial score (nSPS) is 11.0. The summed E-state index contributed by atoms with van der Waals surface area (Å²) in [5.41, 5.74) is 1.14. The number of aromatic nitrogens is 2. The van der Waals surface area contributed by atoms with Crippen molar-refractivity contribution in [1.82, 2.24) is 9.38 Å². The molecule has 2 heterocycles. The van der Waals surface area contributed by atoms with E-state index in [-0.39, 0.29) is 18.8 Å². The molecule has 1 aromatic carbocycles. The standard InChI is InChI=1S/C19H18N2O5S/c1-3-4-13-5-6-15(16(9-13)24-2)25-12-18(23)26-11-14-10-17(22)21-7-8-27-19(21)20-14/h3-10H,11-12H2,1-2H3. The molecule has 0 aliphatic carbocycles. The fourth-order valence-electron chi connectivity index (χ4n) is 2.39. The smallest absolute Gasteiger partial charge is 0.344 e. The molecule has 0 amide bonds. The molecule has 0 bridgehead atoms. The van der Waals surface area contributed by atoms with Gasteiger partial charge in [0.15, 0.2) is 23.1 Å². The number of carbonyl (C=O) groups excluding carboxylic acids is 1. The molecule has 140 valence electrons. The second-order valence-corrected chi connectivity index (χ2v) is 6.37. The van der Waals surface area contributed by atoms with Gasteiger partial charge in [0.1, 0.15) is 6.61 Å². The van der Waals surface area contributed by atoms with Crippen molar-refractivity contribution in [3.63, 3.8) is 0 Å². The fourth-order valence-corrected chi connectivity index (χ4v) is 3.13. The van der Waals surface area contributed by atoms with E-state index in [4.69, 9.17) is 14.2 Å². The summed E-state index contributed by atoms with van der Waals surface area (Å²) in [6.07, 6.45) is 5.49. The molecule has 8 heteroatoms. The second-order valence-electron chi connectivity index (χ2n) is 5.50. The van der Waals surface area contributed by atoms with Crippen molar-refractivity contribution in [2.75, 3.05) is 13.7 Å². The Morgan fingerprint density at radius 2 is 2.15 bits per heavy atom. The highest BCUT2D eigenvalue weighted by molar-refractivity contribution is 7.15. The van der Waals surface area contributed by atoms with Gasteiger partial charge >= 0.3 is 5.97 Å². The minimum atomic E-state index is -0.567. The molecule has 3 rings (SSSR count). The number of fused-ring (bicyclic) bond motifs is 1. The van der Waals surface area contributed by atoms with Crippen LogP contribution in [0.3, 0.4) is 0 Å². The second kappa shape index (κ2) is 8.50. The van der Waals surface area contributed by atoms with E-state index < -0.39 is 5.97 Å². The number of thiazole rings is 1. The van der Waals surface area contributed by atoms with E-state index in [0.717, 1.165) is 5.56 Å². The molecule has 2 aromatic heterocycles. The average molecular weight is 386 g/mol. The first kappa shape index (κ1) is 18.7. The van der Waals surface area contributed by atoms with Gasteiger partial charge in [-0.15, -0.1) is 11.3 Å². The van der Waals surface area contributed by atoms with E-state index >= 15 is 0 Å². The summed E-state index contributed by atoms with van der Waals surface area (Å²) in [5.74, 6) is 0.401. The maximum atomic E-state index is 11.9. The predicted octanol–water partition coefficient (Wildman–Crippen LogP) is 2.92. The van der Waals surface area contributed by atoms with Crippen molar-refractivity contribution in [2.45, 2.75) is 13.5 Å². The summed E-state index contributed by atoms with van der Waals surface area (Å²) in [4.78, 5) is 28.7. The van der Waals surface area contributed by atoms with Crippen molar-refractivity contribution in [3.05, 3.63) is 63.5 Å². The third-order valence-corrected chi connectivity index (χ3v) is 4.39. The monoisotopic (exact) mass is 386 g/mol. The lowest BCUT2D eigenvalue weighted by Crippen LogP contribution is -2.17. The Hall–Kier alpha value is -3.13. The quantitative estimate of drug-likeness (QED) is 0.581. The van der Waals surface area contributed by atoms with Crippen LogP contribution in [-0.2, 0) is 16.1 Å². The van der Waals surface area contributed by atoms with Gasteiger partial charge in [0.2, 0.25) is 0 Å². The largest absolute Gasteiger partial charge is 0.493 e. The van der Waals surface area contributed by atoms with Crippen LogP contribution in [0.1, 0.15) is 18.2 Å². The van der Waals surface area contributed by atoms with Gasteiger partial charge in [-0.25, -0.2) is 9.78 Å². The van der Waals surface area contributed by atoms with Gasteiger partial charge in [0, 0.05) is 17.6 Å². The Morgan fingerprint density at radius 3 is 2.93 bits per heavy atom. The predicted molar refractivity (Wildman–Crippen MR) is 102 cm³/mol. The molecular weight excluding hydrogens is 368 g/mol. The van der Waals surface area contributed by atoms with Gasteiger partial charge in [0.05, 0.1) is 12.8 Å². The van der Waals surface area contributed by atoms with Gasteiger partial charge in [-0.3, -0.25) is 9.20 Å². The molecule has 0 fully saturated rings. The summed E-state index contributed by atoms with van der Waals surface area (Å²) in [6.45, 7) is 1.55.